The third-order valence-corrected chi connectivity index (χ3v) is 2.62. The highest BCUT2D eigenvalue weighted by atomic mass is 16.5. The van der Waals surface area contributed by atoms with Crippen LogP contribution in [0.5, 0.6) is 0 Å². The van der Waals surface area contributed by atoms with E-state index in [0.29, 0.717) is 6.54 Å². The topological polar surface area (TPSA) is 49.5 Å². The molecule has 1 atom stereocenters. The summed E-state index contributed by atoms with van der Waals surface area (Å²) in [4.78, 5) is 2.20. The summed E-state index contributed by atoms with van der Waals surface area (Å²) in [5, 5.41) is 13.5. The molecule has 1 aromatic heterocycles. The van der Waals surface area contributed by atoms with Gasteiger partial charge >= 0.3 is 0 Å². The Labute approximate surface area is 83.5 Å². The number of hydrogen-bond donors (Lipinski definition) is 1. The van der Waals surface area contributed by atoms with Crippen LogP contribution in [0.2, 0.25) is 0 Å². The SMILES string of the molecule is CC1(O)CCCN(Cc2ccno2)C1. The predicted octanol–water partition coefficient (Wildman–Crippen LogP) is 1.02. The van der Waals surface area contributed by atoms with Gasteiger partial charge in [-0.15, -0.1) is 0 Å². The fraction of sp³-hybridized carbons (Fsp3) is 0.700. The average Bonchev–Trinajstić information content (AvgIpc) is 2.54. The monoisotopic (exact) mass is 196 g/mol. The van der Waals surface area contributed by atoms with Crippen LogP contribution in [0.4, 0.5) is 0 Å². The number of rotatable bonds is 2. The Hall–Kier alpha value is -0.870. The van der Waals surface area contributed by atoms with E-state index >= 15 is 0 Å². The van der Waals surface area contributed by atoms with Crippen molar-refractivity contribution in [3.05, 3.63) is 18.0 Å². The van der Waals surface area contributed by atoms with E-state index in [2.05, 4.69) is 10.1 Å². The van der Waals surface area contributed by atoms with Crippen molar-refractivity contribution in [3.63, 3.8) is 0 Å². The van der Waals surface area contributed by atoms with Gasteiger partial charge in [-0.25, -0.2) is 0 Å². The van der Waals surface area contributed by atoms with Gasteiger partial charge in [0.2, 0.25) is 0 Å². The van der Waals surface area contributed by atoms with Crippen molar-refractivity contribution in [2.75, 3.05) is 13.1 Å². The minimum atomic E-state index is -0.543. The maximum Gasteiger partial charge on any atom is 0.150 e. The van der Waals surface area contributed by atoms with Gasteiger partial charge in [0.1, 0.15) is 0 Å². The van der Waals surface area contributed by atoms with Crippen LogP contribution in [0.3, 0.4) is 0 Å². The summed E-state index contributed by atoms with van der Waals surface area (Å²) in [6, 6.07) is 1.86. The molecule has 1 aromatic rings. The van der Waals surface area contributed by atoms with Crippen molar-refractivity contribution in [3.8, 4) is 0 Å². The van der Waals surface area contributed by atoms with E-state index < -0.39 is 5.60 Å². The Morgan fingerprint density at radius 1 is 1.71 bits per heavy atom. The molecule has 78 valence electrons. The molecule has 0 saturated carbocycles. The van der Waals surface area contributed by atoms with Gasteiger partial charge in [0.25, 0.3) is 0 Å². The molecule has 0 aliphatic carbocycles. The first kappa shape index (κ1) is 9.68. The zero-order valence-corrected chi connectivity index (χ0v) is 8.44. The molecule has 1 N–H and O–H groups in total. The zero-order chi connectivity index (χ0) is 10.0. The summed E-state index contributed by atoms with van der Waals surface area (Å²) in [7, 11) is 0. The molecule has 1 fully saturated rings. The number of hydrogen-bond acceptors (Lipinski definition) is 4. The minimum absolute atomic E-state index is 0.543. The molecule has 1 unspecified atom stereocenters. The van der Waals surface area contributed by atoms with Gasteiger partial charge in [0, 0.05) is 12.6 Å². The van der Waals surface area contributed by atoms with Gasteiger partial charge in [0.05, 0.1) is 18.3 Å². The Bertz CT molecular complexity index is 282. The highest BCUT2D eigenvalue weighted by molar-refractivity contribution is 4.94. The van der Waals surface area contributed by atoms with Crippen molar-refractivity contribution in [1.29, 1.82) is 0 Å². The maximum absolute atomic E-state index is 9.89. The number of β-amino-alcohol motifs (C(OH)–C–C–N with tert-alkyl or cyclic N) is 1. The predicted molar refractivity (Wildman–Crippen MR) is 51.6 cm³/mol. The fourth-order valence-corrected chi connectivity index (χ4v) is 2.00. The van der Waals surface area contributed by atoms with Crippen molar-refractivity contribution in [1.82, 2.24) is 10.1 Å². The van der Waals surface area contributed by atoms with Crippen LogP contribution < -0.4 is 0 Å². The Morgan fingerprint density at radius 3 is 3.21 bits per heavy atom. The van der Waals surface area contributed by atoms with Crippen LogP contribution in [0, 0.1) is 0 Å². The molecular weight excluding hydrogens is 180 g/mol. The molecule has 0 spiro atoms. The summed E-state index contributed by atoms with van der Waals surface area (Å²) in [5.41, 5.74) is -0.543. The molecule has 1 aliphatic heterocycles. The van der Waals surface area contributed by atoms with Crippen LogP contribution in [0.1, 0.15) is 25.5 Å². The molecule has 14 heavy (non-hydrogen) atoms. The van der Waals surface area contributed by atoms with Crippen molar-refractivity contribution in [2.45, 2.75) is 31.9 Å². The minimum Gasteiger partial charge on any atom is -0.389 e. The number of aromatic nitrogens is 1. The van der Waals surface area contributed by atoms with E-state index in [1.54, 1.807) is 6.20 Å². The summed E-state index contributed by atoms with van der Waals surface area (Å²) in [6.07, 6.45) is 3.58. The standard InChI is InChI=1S/C10H16N2O2/c1-10(13)4-2-6-12(8-10)7-9-3-5-11-14-9/h3,5,13H,2,4,6-8H2,1H3. The highest BCUT2D eigenvalue weighted by Crippen LogP contribution is 2.21. The largest absolute Gasteiger partial charge is 0.389 e. The first-order chi connectivity index (χ1) is 6.66. The Kier molecular flexibility index (Phi) is 2.56. The molecule has 0 radical (unpaired) electrons. The van der Waals surface area contributed by atoms with Crippen LogP contribution in [0.25, 0.3) is 0 Å². The van der Waals surface area contributed by atoms with E-state index in [0.717, 1.165) is 31.7 Å². The van der Waals surface area contributed by atoms with E-state index in [-0.39, 0.29) is 0 Å². The maximum atomic E-state index is 9.89. The smallest absolute Gasteiger partial charge is 0.150 e. The molecule has 2 rings (SSSR count). The van der Waals surface area contributed by atoms with Crippen LogP contribution in [-0.2, 0) is 6.54 Å². The first-order valence-electron chi connectivity index (χ1n) is 5.00. The van der Waals surface area contributed by atoms with E-state index in [1.807, 2.05) is 13.0 Å². The van der Waals surface area contributed by atoms with Crippen molar-refractivity contribution < 1.29 is 9.63 Å². The van der Waals surface area contributed by atoms with E-state index in [4.69, 9.17) is 4.52 Å². The van der Waals surface area contributed by atoms with Crippen molar-refractivity contribution in [2.24, 2.45) is 0 Å². The lowest BCUT2D eigenvalue weighted by molar-refractivity contribution is -0.0202. The van der Waals surface area contributed by atoms with Gasteiger partial charge in [-0.05, 0) is 26.3 Å². The number of likely N-dealkylation sites (tertiary alicyclic amines) is 1. The van der Waals surface area contributed by atoms with Crippen LogP contribution >= 0.6 is 0 Å². The lowest BCUT2D eigenvalue weighted by atomic mass is 9.95. The summed E-state index contributed by atoms with van der Waals surface area (Å²) in [5.74, 6) is 0.864. The van der Waals surface area contributed by atoms with Crippen LogP contribution in [-0.4, -0.2) is 33.9 Å². The normalized spacial score (nSPS) is 29.3. The molecule has 0 amide bonds. The Balaban J connectivity index is 1.92. The average molecular weight is 196 g/mol. The number of piperidine rings is 1. The molecule has 0 bridgehead atoms. The zero-order valence-electron chi connectivity index (χ0n) is 8.44. The number of aliphatic hydroxyl groups is 1. The van der Waals surface area contributed by atoms with Crippen LogP contribution in [0.15, 0.2) is 16.8 Å². The molecule has 4 nitrogen and oxygen atoms in total. The van der Waals surface area contributed by atoms with Gasteiger partial charge in [-0.3, -0.25) is 4.90 Å². The molecule has 1 aliphatic rings. The molecule has 4 heteroatoms. The van der Waals surface area contributed by atoms with E-state index in [1.165, 1.54) is 0 Å². The van der Waals surface area contributed by atoms with Gasteiger partial charge in [0.15, 0.2) is 5.76 Å². The quantitative estimate of drug-likeness (QED) is 0.767. The third-order valence-electron chi connectivity index (χ3n) is 2.62. The molecular formula is C10H16N2O2. The first-order valence-corrected chi connectivity index (χ1v) is 5.00. The Morgan fingerprint density at radius 2 is 2.57 bits per heavy atom. The summed E-state index contributed by atoms with van der Waals surface area (Å²) < 4.78 is 5.03. The summed E-state index contributed by atoms with van der Waals surface area (Å²) in [6.45, 7) is 4.38. The fourth-order valence-electron chi connectivity index (χ4n) is 2.00. The second-order valence-corrected chi connectivity index (χ2v) is 4.29. The van der Waals surface area contributed by atoms with E-state index in [9.17, 15) is 5.11 Å². The van der Waals surface area contributed by atoms with Gasteiger partial charge in [-0.1, -0.05) is 5.16 Å². The highest BCUT2D eigenvalue weighted by Gasteiger charge is 2.28. The van der Waals surface area contributed by atoms with Gasteiger partial charge < -0.3 is 9.63 Å². The number of nitrogens with zero attached hydrogens (tertiary/aromatic N) is 2. The molecule has 2 heterocycles. The second-order valence-electron chi connectivity index (χ2n) is 4.29. The lowest BCUT2D eigenvalue weighted by Crippen LogP contribution is -2.45. The molecule has 0 aromatic carbocycles. The van der Waals surface area contributed by atoms with Crippen molar-refractivity contribution >= 4 is 0 Å². The third kappa shape index (κ3) is 2.33. The molecule has 1 saturated heterocycles. The lowest BCUT2D eigenvalue weighted by Gasteiger charge is -2.36. The summed E-state index contributed by atoms with van der Waals surface area (Å²) >= 11 is 0. The second kappa shape index (κ2) is 3.71. The van der Waals surface area contributed by atoms with Gasteiger partial charge in [-0.2, -0.15) is 0 Å².